The van der Waals surface area contributed by atoms with Crippen LogP contribution in [-0.4, -0.2) is 32.2 Å². The molecule has 30 heavy (non-hydrogen) atoms. The summed E-state index contributed by atoms with van der Waals surface area (Å²) < 4.78 is 38.5. The van der Waals surface area contributed by atoms with Gasteiger partial charge in [-0.15, -0.1) is 0 Å². The monoisotopic (exact) mass is 436 g/mol. The van der Waals surface area contributed by atoms with E-state index in [2.05, 4.69) is 20.5 Å². The van der Waals surface area contributed by atoms with Gasteiger partial charge in [0.2, 0.25) is 0 Å². The molecule has 5 rings (SSSR count). The molecule has 0 aliphatic heterocycles. The molecule has 0 unspecified atom stereocenters. The molecule has 0 saturated heterocycles. The molecule has 0 spiro atoms. The van der Waals surface area contributed by atoms with E-state index in [0.717, 1.165) is 23.2 Å². The molecule has 2 heterocycles. The quantitative estimate of drug-likeness (QED) is 0.584. The summed E-state index contributed by atoms with van der Waals surface area (Å²) in [5.41, 5.74) is -0.864. The summed E-state index contributed by atoms with van der Waals surface area (Å²) in [6, 6.07) is 5.28. The summed E-state index contributed by atoms with van der Waals surface area (Å²) in [5.74, 6) is -0.488. The lowest BCUT2D eigenvalue weighted by molar-refractivity contribution is -0.141. The number of alkyl halides is 3. The normalized spacial score (nSPS) is 27.8. The first kappa shape index (κ1) is 19.3. The van der Waals surface area contributed by atoms with Gasteiger partial charge in [0.25, 0.3) is 5.91 Å². The van der Waals surface area contributed by atoms with E-state index in [1.54, 1.807) is 18.3 Å². The van der Waals surface area contributed by atoms with Gasteiger partial charge < -0.3 is 10.4 Å². The highest BCUT2D eigenvalue weighted by Gasteiger charge is 2.62. The van der Waals surface area contributed by atoms with Crippen molar-refractivity contribution in [2.75, 3.05) is 0 Å². The maximum Gasteiger partial charge on any atom is 0.433 e. The van der Waals surface area contributed by atoms with Crippen molar-refractivity contribution >= 4 is 28.4 Å². The van der Waals surface area contributed by atoms with Crippen LogP contribution >= 0.6 is 11.6 Å². The SMILES string of the molecule is O=C(N[C@@H]1[C@@H]2C[C@@](O)(c3cc(Cl)cc4[nH]ncc34)C[C@@H]21)c1ccnc(C(F)(F)F)c1. The first-order valence-electron chi connectivity index (χ1n) is 9.35. The number of aliphatic hydroxyl groups is 1. The molecule has 0 bridgehead atoms. The minimum absolute atomic E-state index is 0.0452. The van der Waals surface area contributed by atoms with Crippen molar-refractivity contribution in [3.05, 3.63) is 58.5 Å². The largest absolute Gasteiger partial charge is 0.433 e. The molecule has 2 saturated carbocycles. The van der Waals surface area contributed by atoms with Crippen LogP contribution in [-0.2, 0) is 11.8 Å². The molecular weight excluding hydrogens is 421 g/mol. The third-order valence-corrected chi connectivity index (χ3v) is 6.33. The standard InChI is InChI=1S/C20H16ClF3N4O2/c21-10-4-14(13-8-26-28-15(13)5-10)19(30)6-11-12(7-19)17(11)27-18(29)9-1-2-25-16(3-9)20(22,23)24/h1-5,8,11-12,17,30H,6-7H2,(H,26,28)(H,27,29)/t11-,12+,17-,19+. The summed E-state index contributed by atoms with van der Waals surface area (Å²) >= 11 is 6.18. The summed E-state index contributed by atoms with van der Waals surface area (Å²) in [5, 5.41) is 22.2. The summed E-state index contributed by atoms with van der Waals surface area (Å²) in [4.78, 5) is 15.7. The molecule has 156 valence electrons. The van der Waals surface area contributed by atoms with Crippen molar-refractivity contribution < 1.29 is 23.1 Å². The number of amides is 1. The van der Waals surface area contributed by atoms with E-state index < -0.39 is 23.4 Å². The molecule has 3 aromatic rings. The number of nitrogens with one attached hydrogen (secondary N) is 2. The molecule has 2 aromatic heterocycles. The zero-order valence-electron chi connectivity index (χ0n) is 15.4. The van der Waals surface area contributed by atoms with Crippen LogP contribution in [0.3, 0.4) is 0 Å². The number of pyridine rings is 1. The highest BCUT2D eigenvalue weighted by molar-refractivity contribution is 6.31. The Bertz CT molecular complexity index is 1150. The second-order valence-corrected chi connectivity index (χ2v) is 8.42. The van der Waals surface area contributed by atoms with Gasteiger partial charge in [0.15, 0.2) is 0 Å². The van der Waals surface area contributed by atoms with Crippen LogP contribution in [0, 0.1) is 11.8 Å². The lowest BCUT2D eigenvalue weighted by Crippen LogP contribution is -2.33. The predicted octanol–water partition coefficient (Wildman–Crippen LogP) is 3.66. The van der Waals surface area contributed by atoms with E-state index in [1.165, 1.54) is 6.07 Å². The Morgan fingerprint density at radius 1 is 1.27 bits per heavy atom. The zero-order chi connectivity index (χ0) is 21.3. The van der Waals surface area contributed by atoms with Crippen LogP contribution in [0.2, 0.25) is 5.02 Å². The van der Waals surface area contributed by atoms with E-state index in [9.17, 15) is 23.1 Å². The third kappa shape index (κ3) is 3.13. The molecule has 1 aromatic carbocycles. The van der Waals surface area contributed by atoms with Crippen molar-refractivity contribution in [3.8, 4) is 0 Å². The highest BCUT2D eigenvalue weighted by Crippen LogP contribution is 2.60. The molecule has 10 heteroatoms. The summed E-state index contributed by atoms with van der Waals surface area (Å²) in [6.45, 7) is 0. The fourth-order valence-electron chi connectivity index (χ4n) is 4.66. The number of nitrogens with zero attached hydrogens (tertiary/aromatic N) is 2. The van der Waals surface area contributed by atoms with E-state index in [0.29, 0.717) is 23.4 Å². The Morgan fingerprint density at radius 2 is 2.00 bits per heavy atom. The number of hydrogen-bond donors (Lipinski definition) is 3. The second kappa shape index (κ2) is 6.42. The fourth-order valence-corrected chi connectivity index (χ4v) is 4.88. The van der Waals surface area contributed by atoms with E-state index in [4.69, 9.17) is 11.6 Å². The Morgan fingerprint density at radius 3 is 2.70 bits per heavy atom. The van der Waals surface area contributed by atoms with Crippen LogP contribution in [0.4, 0.5) is 13.2 Å². The Labute approximate surface area is 173 Å². The summed E-state index contributed by atoms with van der Waals surface area (Å²) in [6.07, 6.45) is -1.15. The van der Waals surface area contributed by atoms with Crippen molar-refractivity contribution in [3.63, 3.8) is 0 Å². The molecule has 1 amide bonds. The van der Waals surface area contributed by atoms with Gasteiger partial charge in [-0.05, 0) is 54.5 Å². The molecule has 0 radical (unpaired) electrons. The number of H-pyrrole nitrogens is 1. The summed E-state index contributed by atoms with van der Waals surface area (Å²) in [7, 11) is 0. The van der Waals surface area contributed by atoms with Gasteiger partial charge in [-0.3, -0.25) is 14.9 Å². The zero-order valence-corrected chi connectivity index (χ0v) is 16.1. The number of fused-ring (bicyclic) bond motifs is 2. The molecule has 2 aliphatic carbocycles. The highest BCUT2D eigenvalue weighted by atomic mass is 35.5. The van der Waals surface area contributed by atoms with E-state index in [-0.39, 0.29) is 23.4 Å². The number of carbonyl (C=O) groups is 1. The fraction of sp³-hybridized carbons (Fsp3) is 0.350. The van der Waals surface area contributed by atoms with Crippen LogP contribution in [0.25, 0.3) is 10.9 Å². The Balaban J connectivity index is 1.30. The van der Waals surface area contributed by atoms with Gasteiger partial charge in [0.1, 0.15) is 5.69 Å². The number of aromatic amines is 1. The van der Waals surface area contributed by atoms with Gasteiger partial charge in [0.05, 0.1) is 17.3 Å². The van der Waals surface area contributed by atoms with Crippen LogP contribution in [0.5, 0.6) is 0 Å². The number of aromatic nitrogens is 3. The van der Waals surface area contributed by atoms with Crippen molar-refractivity contribution in [1.82, 2.24) is 20.5 Å². The number of hydrogen-bond acceptors (Lipinski definition) is 4. The van der Waals surface area contributed by atoms with Crippen LogP contribution < -0.4 is 5.32 Å². The molecule has 4 atom stereocenters. The third-order valence-electron chi connectivity index (χ3n) is 6.11. The topological polar surface area (TPSA) is 90.9 Å². The Hall–Kier alpha value is -2.65. The van der Waals surface area contributed by atoms with E-state index in [1.807, 2.05) is 0 Å². The number of halogens is 4. The average Bonchev–Trinajstić information content (AvgIpc) is 3.03. The van der Waals surface area contributed by atoms with Crippen molar-refractivity contribution in [2.45, 2.75) is 30.7 Å². The van der Waals surface area contributed by atoms with E-state index >= 15 is 0 Å². The predicted molar refractivity (Wildman–Crippen MR) is 102 cm³/mol. The molecule has 6 nitrogen and oxygen atoms in total. The Kier molecular flexibility index (Phi) is 4.14. The maximum atomic E-state index is 12.8. The minimum Gasteiger partial charge on any atom is -0.385 e. The lowest BCUT2D eigenvalue weighted by Gasteiger charge is -2.27. The average molecular weight is 437 g/mol. The number of rotatable bonds is 3. The first-order chi connectivity index (χ1) is 14.2. The van der Waals surface area contributed by atoms with Gasteiger partial charge in [0, 0.05) is 28.2 Å². The molecule has 2 aliphatic rings. The second-order valence-electron chi connectivity index (χ2n) is 7.98. The van der Waals surface area contributed by atoms with Crippen molar-refractivity contribution in [1.29, 1.82) is 0 Å². The smallest absolute Gasteiger partial charge is 0.385 e. The van der Waals surface area contributed by atoms with Gasteiger partial charge >= 0.3 is 6.18 Å². The van der Waals surface area contributed by atoms with Gasteiger partial charge in [-0.1, -0.05) is 11.6 Å². The minimum atomic E-state index is -4.61. The number of benzene rings is 1. The van der Waals surface area contributed by atoms with Crippen molar-refractivity contribution in [2.24, 2.45) is 11.8 Å². The molecule has 2 fully saturated rings. The maximum absolute atomic E-state index is 12.8. The van der Waals surface area contributed by atoms with Crippen LogP contribution in [0.15, 0.2) is 36.7 Å². The molecule has 3 N–H and O–H groups in total. The molecular formula is C20H16ClF3N4O2. The van der Waals surface area contributed by atoms with Crippen LogP contribution in [0.1, 0.15) is 34.5 Å². The van der Waals surface area contributed by atoms with Gasteiger partial charge in [-0.2, -0.15) is 18.3 Å². The number of carbonyl (C=O) groups excluding carboxylic acids is 1. The lowest BCUT2D eigenvalue weighted by atomic mass is 9.86. The van der Waals surface area contributed by atoms with Gasteiger partial charge in [-0.25, -0.2) is 0 Å². The first-order valence-corrected chi connectivity index (χ1v) is 9.73.